The molecule has 4 amide bonds. The number of aliphatic hydroxyl groups is 1. The van der Waals surface area contributed by atoms with E-state index in [0.29, 0.717) is 43.1 Å². The van der Waals surface area contributed by atoms with Crippen molar-refractivity contribution in [3.05, 3.63) is 23.8 Å². The van der Waals surface area contributed by atoms with Gasteiger partial charge in [-0.15, -0.1) is 0 Å². The van der Waals surface area contributed by atoms with Crippen LogP contribution in [-0.2, 0) is 9.53 Å². The third kappa shape index (κ3) is 12.0. The van der Waals surface area contributed by atoms with Crippen LogP contribution in [0.2, 0.25) is 0 Å². The van der Waals surface area contributed by atoms with Gasteiger partial charge in [0, 0.05) is 50.8 Å². The zero-order valence-corrected chi connectivity index (χ0v) is 29.1. The maximum Gasteiger partial charge on any atom is 0.317 e. The highest BCUT2D eigenvalue weighted by Gasteiger charge is 2.31. The van der Waals surface area contributed by atoms with E-state index in [1.807, 2.05) is 39.8 Å². The molecule has 3 N–H and O–H groups in total. The predicted molar refractivity (Wildman–Crippen MR) is 181 cm³/mol. The van der Waals surface area contributed by atoms with Crippen molar-refractivity contribution >= 4 is 23.5 Å². The summed E-state index contributed by atoms with van der Waals surface area (Å²) < 4.78 is 12.7. The Bertz CT molecular complexity index is 1110. The van der Waals surface area contributed by atoms with Gasteiger partial charge in [-0.1, -0.05) is 26.2 Å². The molecule has 0 aromatic heterocycles. The molecule has 1 aliphatic heterocycles. The van der Waals surface area contributed by atoms with Crippen molar-refractivity contribution in [2.75, 3.05) is 59.3 Å². The van der Waals surface area contributed by atoms with Crippen molar-refractivity contribution in [3.63, 3.8) is 0 Å². The largest absolute Gasteiger partial charge is 0.490 e. The quantitative estimate of drug-likeness (QED) is 0.336. The minimum absolute atomic E-state index is 0.102. The SMILES string of the molecule is C[C@@H]1CCCCO[C@@H](CN(C)C(=O)NC2CCCCC2)[C@H](C)CN([C@@H](C)CO)C(=O)c2cc(NC(=O)CCCN(C)C)ccc2O1. The number of hydrogen-bond acceptors (Lipinski definition) is 7. The molecule has 1 saturated carbocycles. The van der Waals surface area contributed by atoms with Gasteiger partial charge >= 0.3 is 6.03 Å². The first-order valence-electron chi connectivity index (χ1n) is 17.3. The lowest BCUT2D eigenvalue weighted by Crippen LogP contribution is -2.50. The lowest BCUT2D eigenvalue weighted by atomic mass is 9.96. The fraction of sp³-hybridized carbons (Fsp3) is 0.743. The van der Waals surface area contributed by atoms with E-state index < -0.39 is 6.04 Å². The van der Waals surface area contributed by atoms with Gasteiger partial charge in [-0.05, 0) is 91.2 Å². The van der Waals surface area contributed by atoms with Gasteiger partial charge in [0.05, 0.1) is 30.4 Å². The number of aliphatic hydroxyl groups excluding tert-OH is 1. The molecule has 260 valence electrons. The molecule has 0 saturated heterocycles. The molecular weight excluding hydrogens is 586 g/mol. The lowest BCUT2D eigenvalue weighted by Gasteiger charge is -2.36. The molecule has 0 bridgehead atoms. The van der Waals surface area contributed by atoms with Crippen LogP contribution in [0.3, 0.4) is 0 Å². The topological polar surface area (TPSA) is 124 Å². The number of benzene rings is 1. The van der Waals surface area contributed by atoms with Crippen LogP contribution in [0.4, 0.5) is 10.5 Å². The highest BCUT2D eigenvalue weighted by molar-refractivity contribution is 5.99. The number of ether oxygens (including phenoxy) is 2. The molecule has 2 aliphatic rings. The van der Waals surface area contributed by atoms with Gasteiger partial charge < -0.3 is 39.9 Å². The summed E-state index contributed by atoms with van der Waals surface area (Å²) in [5.41, 5.74) is 0.861. The van der Waals surface area contributed by atoms with Crippen LogP contribution in [0.25, 0.3) is 0 Å². The normalized spacial score (nSPS) is 22.7. The Labute approximate surface area is 276 Å². The number of likely N-dealkylation sites (N-methyl/N-ethyl adjacent to an activating group) is 1. The second-order valence-electron chi connectivity index (χ2n) is 13.6. The number of nitrogens with zero attached hydrogens (tertiary/aromatic N) is 3. The van der Waals surface area contributed by atoms with Crippen molar-refractivity contribution in [1.82, 2.24) is 20.0 Å². The Kier molecular flexibility index (Phi) is 15.6. The molecule has 0 spiro atoms. The summed E-state index contributed by atoms with van der Waals surface area (Å²) in [5.74, 6) is -0.0997. The van der Waals surface area contributed by atoms with Crippen LogP contribution in [-0.4, -0.2) is 116 Å². The Morgan fingerprint density at radius 2 is 1.78 bits per heavy atom. The first-order chi connectivity index (χ1) is 22.0. The number of anilines is 1. The number of carbonyl (C=O) groups is 3. The van der Waals surface area contributed by atoms with Gasteiger partial charge in [0.2, 0.25) is 5.91 Å². The monoisotopic (exact) mass is 645 g/mol. The van der Waals surface area contributed by atoms with Crippen molar-refractivity contribution in [3.8, 4) is 5.75 Å². The molecule has 3 rings (SSSR count). The molecule has 1 aliphatic carbocycles. The van der Waals surface area contributed by atoms with Gasteiger partial charge in [0.25, 0.3) is 5.91 Å². The molecule has 11 heteroatoms. The van der Waals surface area contributed by atoms with E-state index in [1.54, 1.807) is 35.0 Å². The zero-order chi connectivity index (χ0) is 33.6. The Hall–Kier alpha value is -2.89. The van der Waals surface area contributed by atoms with Crippen molar-refractivity contribution in [1.29, 1.82) is 0 Å². The Morgan fingerprint density at radius 3 is 2.48 bits per heavy atom. The number of carbonyl (C=O) groups excluding carboxylic acids is 3. The fourth-order valence-electron chi connectivity index (χ4n) is 6.13. The summed E-state index contributed by atoms with van der Waals surface area (Å²) in [6, 6.07) is 4.83. The second kappa shape index (κ2) is 19.1. The Morgan fingerprint density at radius 1 is 1.07 bits per heavy atom. The van der Waals surface area contributed by atoms with Gasteiger partial charge in [-0.3, -0.25) is 9.59 Å². The van der Waals surface area contributed by atoms with Crippen LogP contribution in [0.15, 0.2) is 18.2 Å². The molecule has 0 unspecified atom stereocenters. The number of hydrogen-bond donors (Lipinski definition) is 3. The van der Waals surface area contributed by atoms with E-state index in [0.717, 1.165) is 57.9 Å². The molecule has 1 aromatic rings. The van der Waals surface area contributed by atoms with E-state index in [9.17, 15) is 19.5 Å². The van der Waals surface area contributed by atoms with E-state index in [2.05, 4.69) is 10.6 Å². The van der Waals surface area contributed by atoms with E-state index in [-0.39, 0.29) is 48.6 Å². The summed E-state index contributed by atoms with van der Waals surface area (Å²) in [6.45, 7) is 7.64. The lowest BCUT2D eigenvalue weighted by molar-refractivity contribution is -0.116. The van der Waals surface area contributed by atoms with Crippen LogP contribution in [0.1, 0.15) is 95.3 Å². The van der Waals surface area contributed by atoms with E-state index >= 15 is 0 Å². The molecule has 1 aromatic carbocycles. The average molecular weight is 646 g/mol. The van der Waals surface area contributed by atoms with Crippen molar-refractivity contribution < 1.29 is 29.0 Å². The predicted octanol–water partition coefficient (Wildman–Crippen LogP) is 4.74. The van der Waals surface area contributed by atoms with Crippen molar-refractivity contribution in [2.24, 2.45) is 5.92 Å². The first kappa shape index (κ1) is 37.6. The molecule has 1 heterocycles. The third-order valence-electron chi connectivity index (χ3n) is 9.08. The number of urea groups is 1. The zero-order valence-electron chi connectivity index (χ0n) is 29.1. The maximum absolute atomic E-state index is 14.3. The summed E-state index contributed by atoms with van der Waals surface area (Å²) >= 11 is 0. The van der Waals surface area contributed by atoms with Crippen molar-refractivity contribution in [2.45, 2.75) is 109 Å². The van der Waals surface area contributed by atoms with Crippen LogP contribution in [0.5, 0.6) is 5.75 Å². The van der Waals surface area contributed by atoms with E-state index in [4.69, 9.17) is 9.47 Å². The summed E-state index contributed by atoms with van der Waals surface area (Å²) in [6.07, 6.45) is 8.68. The summed E-state index contributed by atoms with van der Waals surface area (Å²) in [4.78, 5) is 45.5. The Balaban J connectivity index is 1.84. The van der Waals surface area contributed by atoms with Gasteiger partial charge in [-0.25, -0.2) is 4.79 Å². The first-order valence-corrected chi connectivity index (χ1v) is 17.3. The second-order valence-corrected chi connectivity index (χ2v) is 13.6. The van der Waals surface area contributed by atoms with Gasteiger partial charge in [0.1, 0.15) is 5.75 Å². The van der Waals surface area contributed by atoms with E-state index in [1.165, 1.54) is 6.42 Å². The molecule has 11 nitrogen and oxygen atoms in total. The number of nitrogens with one attached hydrogen (secondary N) is 2. The van der Waals surface area contributed by atoms with Crippen LogP contribution in [0, 0.1) is 5.92 Å². The smallest absolute Gasteiger partial charge is 0.317 e. The van der Waals surface area contributed by atoms with Crippen LogP contribution < -0.4 is 15.4 Å². The molecule has 46 heavy (non-hydrogen) atoms. The maximum atomic E-state index is 14.3. The standard InChI is InChI=1S/C35H59N5O6/c1-25-22-40(26(2)24-41)34(43)30-21-29(36-33(42)16-12-19-38(4)5)17-18-31(30)46-27(3)13-10-11-20-45-32(25)23-39(6)35(44)37-28-14-8-7-9-15-28/h17-18,21,25-28,32,41H,7-16,19-20,22-24H2,1-6H3,(H,36,42)(H,37,44)/t25-,26+,27-,32+/m1/s1. The summed E-state index contributed by atoms with van der Waals surface area (Å²) in [5, 5.41) is 16.3. The number of rotatable bonds is 10. The summed E-state index contributed by atoms with van der Waals surface area (Å²) in [7, 11) is 5.74. The molecular formula is C35H59N5O6. The molecule has 4 atom stereocenters. The number of fused-ring (bicyclic) bond motifs is 1. The third-order valence-corrected chi connectivity index (χ3v) is 9.08. The van der Waals surface area contributed by atoms with Gasteiger partial charge in [0.15, 0.2) is 0 Å². The molecule has 1 fully saturated rings. The van der Waals surface area contributed by atoms with Crippen LogP contribution >= 0.6 is 0 Å². The fourth-order valence-corrected chi connectivity index (χ4v) is 6.13. The minimum atomic E-state index is -0.481. The van der Waals surface area contributed by atoms with Gasteiger partial charge in [-0.2, -0.15) is 0 Å². The minimum Gasteiger partial charge on any atom is -0.490 e. The highest BCUT2D eigenvalue weighted by Crippen LogP contribution is 2.29. The molecule has 0 radical (unpaired) electrons. The number of amides is 4. The average Bonchev–Trinajstić information content (AvgIpc) is 3.02. The highest BCUT2D eigenvalue weighted by atomic mass is 16.5.